The van der Waals surface area contributed by atoms with Crippen LogP contribution in [0, 0.1) is 5.41 Å². The topological polar surface area (TPSA) is 74.8 Å². The molecule has 1 aromatic rings. The van der Waals surface area contributed by atoms with Crippen LogP contribution in [-0.2, 0) is 14.8 Å². The Kier molecular flexibility index (Phi) is 5.18. The Balaban J connectivity index is 1.50. The molecule has 0 saturated carbocycles. The average Bonchev–Trinajstić information content (AvgIpc) is 2.69. The third-order valence-electron chi connectivity index (χ3n) is 5.98. The molecule has 3 saturated heterocycles. The van der Waals surface area contributed by atoms with Crippen LogP contribution in [0.15, 0.2) is 23.2 Å². The van der Waals surface area contributed by atoms with E-state index < -0.39 is 10.0 Å². The largest absolute Gasteiger partial charge is 0.378 e. The maximum Gasteiger partial charge on any atom is 0.244 e. The van der Waals surface area contributed by atoms with Gasteiger partial charge in [-0.2, -0.15) is 4.31 Å². The van der Waals surface area contributed by atoms with Crippen LogP contribution < -0.4 is 10.2 Å². The highest BCUT2D eigenvalue weighted by molar-refractivity contribution is 7.89. The van der Waals surface area contributed by atoms with Crippen LogP contribution in [0.5, 0.6) is 0 Å². The summed E-state index contributed by atoms with van der Waals surface area (Å²) >= 11 is 0. The van der Waals surface area contributed by atoms with Crippen molar-refractivity contribution in [2.24, 2.45) is 5.41 Å². The molecule has 1 spiro atoms. The van der Waals surface area contributed by atoms with Crippen molar-refractivity contribution in [3.05, 3.63) is 18.3 Å². The average molecular weight is 381 g/mol. The molecule has 1 N–H and O–H groups in total. The summed E-state index contributed by atoms with van der Waals surface area (Å²) in [6, 6.07) is 3.53. The molecule has 0 bridgehead atoms. The number of sulfonamides is 1. The Bertz CT molecular complexity index is 705. The lowest BCUT2D eigenvalue weighted by Crippen LogP contribution is -2.50. The van der Waals surface area contributed by atoms with Crippen LogP contribution in [0.3, 0.4) is 0 Å². The molecule has 0 amide bonds. The minimum Gasteiger partial charge on any atom is -0.378 e. The zero-order valence-electron chi connectivity index (χ0n) is 15.2. The molecular weight excluding hydrogens is 352 g/mol. The van der Waals surface area contributed by atoms with Crippen molar-refractivity contribution in [2.45, 2.75) is 30.6 Å². The molecule has 0 atom stereocenters. The zero-order valence-corrected chi connectivity index (χ0v) is 16.0. The second kappa shape index (κ2) is 7.42. The Morgan fingerprint density at radius 1 is 1.08 bits per heavy atom. The van der Waals surface area contributed by atoms with Crippen LogP contribution in [0.4, 0.5) is 5.82 Å². The zero-order chi connectivity index (χ0) is 18.0. The number of hydrogen-bond acceptors (Lipinski definition) is 6. The standard InChI is InChI=1S/C18H28N4O3S/c23-26(24,22-9-1-4-18(15-22)5-7-19-8-6-18)16-2-3-17(20-14-16)21-10-12-25-13-11-21/h2-3,14,19H,1,4-13,15H2. The molecule has 4 rings (SSSR count). The predicted octanol–water partition coefficient (Wildman–Crippen LogP) is 1.07. The van der Waals surface area contributed by atoms with Gasteiger partial charge in [0.2, 0.25) is 10.0 Å². The summed E-state index contributed by atoms with van der Waals surface area (Å²) in [5, 5.41) is 3.39. The summed E-state index contributed by atoms with van der Waals surface area (Å²) in [6.07, 6.45) is 5.72. The lowest BCUT2D eigenvalue weighted by atomic mass is 9.73. The maximum absolute atomic E-state index is 13.1. The fourth-order valence-electron chi connectivity index (χ4n) is 4.39. The van der Waals surface area contributed by atoms with E-state index >= 15 is 0 Å². The van der Waals surface area contributed by atoms with Gasteiger partial charge in [-0.3, -0.25) is 0 Å². The van der Waals surface area contributed by atoms with E-state index in [1.165, 1.54) is 6.20 Å². The summed E-state index contributed by atoms with van der Waals surface area (Å²) in [5.41, 5.74) is 0.151. The number of piperidine rings is 2. The van der Waals surface area contributed by atoms with E-state index in [1.807, 2.05) is 6.07 Å². The minimum absolute atomic E-state index is 0.151. The molecule has 26 heavy (non-hydrogen) atoms. The number of pyridine rings is 1. The first-order valence-electron chi connectivity index (χ1n) is 9.59. The van der Waals surface area contributed by atoms with Crippen molar-refractivity contribution in [1.29, 1.82) is 0 Å². The quantitative estimate of drug-likeness (QED) is 0.846. The number of aromatic nitrogens is 1. The highest BCUT2D eigenvalue weighted by Crippen LogP contribution is 2.39. The van der Waals surface area contributed by atoms with Gasteiger partial charge in [-0.15, -0.1) is 0 Å². The predicted molar refractivity (Wildman–Crippen MR) is 99.8 cm³/mol. The normalized spacial score (nSPS) is 24.7. The molecule has 3 aliphatic heterocycles. The van der Waals surface area contributed by atoms with Gasteiger partial charge in [0.1, 0.15) is 10.7 Å². The van der Waals surface area contributed by atoms with Gasteiger partial charge in [-0.1, -0.05) is 0 Å². The minimum atomic E-state index is -3.48. The monoisotopic (exact) mass is 380 g/mol. The van der Waals surface area contributed by atoms with E-state index in [-0.39, 0.29) is 5.41 Å². The second-order valence-corrected chi connectivity index (χ2v) is 9.58. The summed E-state index contributed by atoms with van der Waals surface area (Å²) in [7, 11) is -3.48. The molecule has 0 aliphatic carbocycles. The van der Waals surface area contributed by atoms with Gasteiger partial charge >= 0.3 is 0 Å². The van der Waals surface area contributed by atoms with Crippen LogP contribution in [0.1, 0.15) is 25.7 Å². The number of morpholine rings is 1. The molecule has 0 unspecified atom stereocenters. The lowest BCUT2D eigenvalue weighted by Gasteiger charge is -2.44. The van der Waals surface area contributed by atoms with E-state index in [0.717, 1.165) is 57.7 Å². The molecular formula is C18H28N4O3S. The molecule has 0 aromatic carbocycles. The number of anilines is 1. The number of hydrogen-bond donors (Lipinski definition) is 1. The first-order chi connectivity index (χ1) is 12.6. The van der Waals surface area contributed by atoms with Gasteiger partial charge in [-0.25, -0.2) is 13.4 Å². The Morgan fingerprint density at radius 3 is 2.54 bits per heavy atom. The highest BCUT2D eigenvalue weighted by Gasteiger charge is 2.40. The van der Waals surface area contributed by atoms with Gasteiger partial charge in [0.05, 0.1) is 13.2 Å². The van der Waals surface area contributed by atoms with Crippen LogP contribution in [-0.4, -0.2) is 70.2 Å². The molecule has 3 aliphatic rings. The Hall–Kier alpha value is -1.22. The van der Waals surface area contributed by atoms with E-state index in [4.69, 9.17) is 4.74 Å². The van der Waals surface area contributed by atoms with E-state index in [1.54, 1.807) is 10.4 Å². The molecule has 8 heteroatoms. The molecule has 7 nitrogen and oxygen atoms in total. The van der Waals surface area contributed by atoms with Gasteiger partial charge in [0.15, 0.2) is 0 Å². The molecule has 144 valence electrons. The first kappa shape index (κ1) is 18.2. The van der Waals surface area contributed by atoms with Crippen LogP contribution in [0.2, 0.25) is 0 Å². The Labute approximate surface area is 155 Å². The van der Waals surface area contributed by atoms with Gasteiger partial charge in [0, 0.05) is 32.4 Å². The van der Waals surface area contributed by atoms with Crippen molar-refractivity contribution >= 4 is 15.8 Å². The number of rotatable bonds is 3. The fraction of sp³-hybridized carbons (Fsp3) is 0.722. The van der Waals surface area contributed by atoms with Crippen LogP contribution >= 0.6 is 0 Å². The second-order valence-electron chi connectivity index (χ2n) is 7.64. The summed E-state index contributed by atoms with van der Waals surface area (Å²) in [4.78, 5) is 6.86. The van der Waals surface area contributed by atoms with Crippen molar-refractivity contribution in [2.75, 3.05) is 57.4 Å². The third-order valence-corrected chi connectivity index (χ3v) is 7.81. The number of nitrogens with zero attached hydrogens (tertiary/aromatic N) is 3. The van der Waals surface area contributed by atoms with Crippen molar-refractivity contribution in [3.8, 4) is 0 Å². The van der Waals surface area contributed by atoms with Crippen molar-refractivity contribution < 1.29 is 13.2 Å². The maximum atomic E-state index is 13.1. The Morgan fingerprint density at radius 2 is 1.85 bits per heavy atom. The first-order valence-corrected chi connectivity index (χ1v) is 11.0. The van der Waals surface area contributed by atoms with E-state index in [0.29, 0.717) is 31.2 Å². The van der Waals surface area contributed by atoms with Crippen LogP contribution in [0.25, 0.3) is 0 Å². The lowest BCUT2D eigenvalue weighted by molar-refractivity contribution is 0.104. The molecule has 3 fully saturated rings. The third kappa shape index (κ3) is 3.60. The summed E-state index contributed by atoms with van der Waals surface area (Å²) < 4.78 is 33.3. The molecule has 1 aromatic heterocycles. The number of nitrogens with one attached hydrogen (secondary N) is 1. The molecule has 4 heterocycles. The summed E-state index contributed by atoms with van der Waals surface area (Å²) in [5.74, 6) is 0.820. The SMILES string of the molecule is O=S(=O)(c1ccc(N2CCOCC2)nc1)N1CCCC2(CCNCC2)C1. The highest BCUT2D eigenvalue weighted by atomic mass is 32.2. The van der Waals surface area contributed by atoms with Crippen molar-refractivity contribution in [1.82, 2.24) is 14.6 Å². The van der Waals surface area contributed by atoms with E-state index in [9.17, 15) is 8.42 Å². The van der Waals surface area contributed by atoms with Gasteiger partial charge in [0.25, 0.3) is 0 Å². The van der Waals surface area contributed by atoms with Gasteiger partial charge in [-0.05, 0) is 56.3 Å². The smallest absolute Gasteiger partial charge is 0.244 e. The summed E-state index contributed by atoms with van der Waals surface area (Å²) in [6.45, 7) is 6.20. The van der Waals surface area contributed by atoms with Crippen molar-refractivity contribution in [3.63, 3.8) is 0 Å². The van der Waals surface area contributed by atoms with E-state index in [2.05, 4.69) is 15.2 Å². The molecule has 0 radical (unpaired) electrons. The van der Waals surface area contributed by atoms with Gasteiger partial charge < -0.3 is 15.0 Å². The number of ether oxygens (including phenoxy) is 1. The fourth-order valence-corrected chi connectivity index (χ4v) is 5.92.